The van der Waals surface area contributed by atoms with Crippen LogP contribution in [0.15, 0.2) is 4.52 Å². The number of aryl methyl sites for hydroxylation is 3. The van der Waals surface area contributed by atoms with Crippen molar-refractivity contribution in [1.82, 2.24) is 25.2 Å². The van der Waals surface area contributed by atoms with E-state index in [4.69, 9.17) is 4.52 Å². The Bertz CT molecular complexity index is 684. The molecule has 0 saturated heterocycles. The van der Waals surface area contributed by atoms with Gasteiger partial charge in [-0.2, -0.15) is 0 Å². The molecule has 0 radical (unpaired) electrons. The van der Waals surface area contributed by atoms with Crippen LogP contribution >= 0.6 is 0 Å². The Morgan fingerprint density at radius 1 is 1.30 bits per heavy atom. The van der Waals surface area contributed by atoms with Crippen LogP contribution in [0.1, 0.15) is 60.9 Å². The molecule has 0 bridgehead atoms. The van der Waals surface area contributed by atoms with Crippen LogP contribution in [-0.2, 0) is 24.2 Å². The van der Waals surface area contributed by atoms with Gasteiger partial charge in [0.05, 0.1) is 18.2 Å². The summed E-state index contributed by atoms with van der Waals surface area (Å²) in [6, 6.07) is -0.165. The van der Waals surface area contributed by atoms with Gasteiger partial charge >= 0.3 is 0 Å². The zero-order valence-electron chi connectivity index (χ0n) is 13.9. The maximum absolute atomic E-state index is 12.3. The van der Waals surface area contributed by atoms with Crippen molar-refractivity contribution in [2.45, 2.75) is 65.5 Å². The summed E-state index contributed by atoms with van der Waals surface area (Å²) in [6.07, 6.45) is 4.75. The van der Waals surface area contributed by atoms with E-state index in [0.717, 1.165) is 48.7 Å². The van der Waals surface area contributed by atoms with Crippen molar-refractivity contribution < 1.29 is 9.32 Å². The monoisotopic (exact) mass is 317 g/mol. The van der Waals surface area contributed by atoms with E-state index in [2.05, 4.69) is 25.2 Å². The Labute approximate surface area is 135 Å². The first-order valence-corrected chi connectivity index (χ1v) is 8.19. The summed E-state index contributed by atoms with van der Waals surface area (Å²) >= 11 is 0. The van der Waals surface area contributed by atoms with Crippen LogP contribution in [0.25, 0.3) is 0 Å². The number of carbonyl (C=O) groups is 1. The Morgan fingerprint density at radius 3 is 2.87 bits per heavy atom. The molecular formula is C16H23N5O2. The molecule has 3 heterocycles. The number of nitrogens with zero attached hydrogens (tertiary/aromatic N) is 4. The average molecular weight is 317 g/mol. The van der Waals surface area contributed by atoms with Crippen LogP contribution in [0.4, 0.5) is 0 Å². The average Bonchev–Trinajstić information content (AvgIpc) is 2.96. The molecule has 0 spiro atoms. The van der Waals surface area contributed by atoms with E-state index in [1.165, 1.54) is 6.42 Å². The molecule has 124 valence electrons. The number of hydrogen-bond donors (Lipinski definition) is 1. The lowest BCUT2D eigenvalue weighted by atomic mass is 10.1. The van der Waals surface area contributed by atoms with Gasteiger partial charge in [-0.05, 0) is 33.6 Å². The van der Waals surface area contributed by atoms with Gasteiger partial charge in [0, 0.05) is 18.5 Å². The number of amides is 1. The lowest BCUT2D eigenvalue weighted by Gasteiger charge is -2.15. The minimum absolute atomic E-state index is 0.0575. The minimum atomic E-state index is -0.165. The third-order valence-electron chi connectivity index (χ3n) is 4.42. The summed E-state index contributed by atoms with van der Waals surface area (Å²) in [5, 5.41) is 15.5. The summed E-state index contributed by atoms with van der Waals surface area (Å²) in [5.41, 5.74) is 1.62. The minimum Gasteiger partial charge on any atom is -0.361 e. The molecule has 0 aliphatic carbocycles. The molecular weight excluding hydrogens is 294 g/mol. The number of carbonyl (C=O) groups excluding carboxylic acids is 1. The fraction of sp³-hybridized carbons (Fsp3) is 0.625. The highest BCUT2D eigenvalue weighted by molar-refractivity contribution is 5.79. The van der Waals surface area contributed by atoms with E-state index in [1.807, 2.05) is 20.8 Å². The number of aromatic nitrogens is 4. The predicted molar refractivity (Wildman–Crippen MR) is 83.8 cm³/mol. The van der Waals surface area contributed by atoms with Gasteiger partial charge in [0.25, 0.3) is 0 Å². The molecule has 0 fully saturated rings. The standard InChI is InChI=1S/C16H23N5O2/c1-10-13(12(3)23-20-10)9-15(22)17-11(2)16-19-18-14-7-5-4-6-8-21(14)16/h11H,4-9H2,1-3H3,(H,17,22)/t11-/m0/s1. The number of rotatable bonds is 4. The Kier molecular flexibility index (Phi) is 4.45. The first-order chi connectivity index (χ1) is 11.1. The van der Waals surface area contributed by atoms with Crippen molar-refractivity contribution in [3.63, 3.8) is 0 Å². The van der Waals surface area contributed by atoms with Crippen LogP contribution in [-0.4, -0.2) is 25.8 Å². The fourth-order valence-corrected chi connectivity index (χ4v) is 3.10. The van der Waals surface area contributed by atoms with E-state index in [1.54, 1.807) is 0 Å². The van der Waals surface area contributed by atoms with Gasteiger partial charge in [0.1, 0.15) is 11.6 Å². The second-order valence-corrected chi connectivity index (χ2v) is 6.21. The molecule has 1 aliphatic rings. The van der Waals surface area contributed by atoms with Crippen molar-refractivity contribution in [3.8, 4) is 0 Å². The summed E-state index contributed by atoms with van der Waals surface area (Å²) in [5.74, 6) is 2.51. The van der Waals surface area contributed by atoms with Crippen molar-refractivity contribution >= 4 is 5.91 Å². The number of hydrogen-bond acceptors (Lipinski definition) is 5. The molecule has 0 saturated carbocycles. The topological polar surface area (TPSA) is 85.8 Å². The molecule has 2 aromatic heterocycles. The van der Waals surface area contributed by atoms with Gasteiger partial charge in [-0.1, -0.05) is 11.6 Å². The van der Waals surface area contributed by atoms with E-state index in [9.17, 15) is 4.79 Å². The summed E-state index contributed by atoms with van der Waals surface area (Å²) in [4.78, 5) is 12.3. The Morgan fingerprint density at radius 2 is 2.13 bits per heavy atom. The zero-order valence-corrected chi connectivity index (χ0v) is 13.9. The molecule has 1 aliphatic heterocycles. The number of nitrogens with one attached hydrogen (secondary N) is 1. The summed E-state index contributed by atoms with van der Waals surface area (Å²) in [6.45, 7) is 6.56. The van der Waals surface area contributed by atoms with Crippen molar-refractivity contribution in [1.29, 1.82) is 0 Å². The normalized spacial score (nSPS) is 15.8. The zero-order chi connectivity index (χ0) is 16.4. The Balaban J connectivity index is 1.68. The predicted octanol–water partition coefficient (Wildman–Crippen LogP) is 2.03. The smallest absolute Gasteiger partial charge is 0.225 e. The molecule has 2 aromatic rings. The van der Waals surface area contributed by atoms with Crippen LogP contribution in [0.2, 0.25) is 0 Å². The highest BCUT2D eigenvalue weighted by atomic mass is 16.5. The summed E-state index contributed by atoms with van der Waals surface area (Å²) < 4.78 is 7.27. The van der Waals surface area contributed by atoms with Gasteiger partial charge in [-0.25, -0.2) is 0 Å². The number of fused-ring (bicyclic) bond motifs is 1. The lowest BCUT2D eigenvalue weighted by Crippen LogP contribution is -2.30. The van der Waals surface area contributed by atoms with E-state index in [0.29, 0.717) is 5.76 Å². The van der Waals surface area contributed by atoms with E-state index >= 15 is 0 Å². The van der Waals surface area contributed by atoms with Crippen molar-refractivity contribution in [3.05, 3.63) is 28.7 Å². The van der Waals surface area contributed by atoms with E-state index in [-0.39, 0.29) is 18.4 Å². The Hall–Kier alpha value is -2.18. The maximum Gasteiger partial charge on any atom is 0.225 e. The van der Waals surface area contributed by atoms with Gasteiger partial charge in [0.2, 0.25) is 5.91 Å². The molecule has 1 N–H and O–H groups in total. The molecule has 0 aromatic carbocycles. The first-order valence-electron chi connectivity index (χ1n) is 8.19. The highest BCUT2D eigenvalue weighted by Gasteiger charge is 2.21. The maximum atomic E-state index is 12.3. The van der Waals surface area contributed by atoms with Gasteiger partial charge in [0.15, 0.2) is 5.82 Å². The molecule has 1 amide bonds. The molecule has 23 heavy (non-hydrogen) atoms. The molecule has 0 unspecified atom stereocenters. The first kappa shape index (κ1) is 15.7. The van der Waals surface area contributed by atoms with E-state index < -0.39 is 0 Å². The second kappa shape index (κ2) is 6.52. The lowest BCUT2D eigenvalue weighted by molar-refractivity contribution is -0.121. The van der Waals surface area contributed by atoms with Crippen LogP contribution < -0.4 is 5.32 Å². The third-order valence-corrected chi connectivity index (χ3v) is 4.42. The van der Waals surface area contributed by atoms with Crippen LogP contribution in [0, 0.1) is 13.8 Å². The second-order valence-electron chi connectivity index (χ2n) is 6.21. The molecule has 7 heteroatoms. The van der Waals surface area contributed by atoms with Crippen LogP contribution in [0.3, 0.4) is 0 Å². The van der Waals surface area contributed by atoms with Crippen molar-refractivity contribution in [2.75, 3.05) is 0 Å². The molecule has 3 rings (SSSR count). The molecule has 1 atom stereocenters. The summed E-state index contributed by atoms with van der Waals surface area (Å²) in [7, 11) is 0. The van der Waals surface area contributed by atoms with Crippen LogP contribution in [0.5, 0.6) is 0 Å². The van der Waals surface area contributed by atoms with Gasteiger partial charge < -0.3 is 14.4 Å². The fourth-order valence-electron chi connectivity index (χ4n) is 3.10. The largest absolute Gasteiger partial charge is 0.361 e. The SMILES string of the molecule is Cc1noc(C)c1CC(=O)N[C@@H](C)c1nnc2n1CCCCC2. The molecule has 7 nitrogen and oxygen atoms in total. The third kappa shape index (κ3) is 3.28. The highest BCUT2D eigenvalue weighted by Crippen LogP contribution is 2.19. The van der Waals surface area contributed by atoms with Crippen molar-refractivity contribution in [2.24, 2.45) is 0 Å². The van der Waals surface area contributed by atoms with Gasteiger partial charge in [-0.15, -0.1) is 10.2 Å². The quantitative estimate of drug-likeness (QED) is 0.932. The van der Waals surface area contributed by atoms with Gasteiger partial charge in [-0.3, -0.25) is 4.79 Å².